The van der Waals surface area contributed by atoms with E-state index in [9.17, 15) is 4.79 Å². The number of rotatable bonds is 4. The van der Waals surface area contributed by atoms with Gasteiger partial charge in [0.1, 0.15) is 6.04 Å². The molecule has 1 atom stereocenters. The van der Waals surface area contributed by atoms with Crippen LogP contribution >= 0.6 is 11.6 Å². The fourth-order valence-corrected chi connectivity index (χ4v) is 2.16. The summed E-state index contributed by atoms with van der Waals surface area (Å²) < 4.78 is 5.38. The lowest BCUT2D eigenvalue weighted by molar-refractivity contribution is -0.124. The highest BCUT2D eigenvalue weighted by Gasteiger charge is 2.31. The number of carbonyl (C=O) groups is 1. The van der Waals surface area contributed by atoms with Crippen molar-refractivity contribution in [2.75, 3.05) is 31.2 Å². The van der Waals surface area contributed by atoms with Crippen molar-refractivity contribution in [3.8, 4) is 0 Å². The third kappa shape index (κ3) is 3.33. The molecule has 0 aliphatic carbocycles. The van der Waals surface area contributed by atoms with E-state index in [-0.39, 0.29) is 5.91 Å². The third-order valence-corrected chi connectivity index (χ3v) is 3.15. The first-order valence-electron chi connectivity index (χ1n) is 6.32. The Hall–Kier alpha value is -1.40. The number of hydrogen-bond donors (Lipinski definition) is 1. The summed E-state index contributed by atoms with van der Waals surface area (Å²) in [5.41, 5.74) is 0. The molecule has 6 nitrogen and oxygen atoms in total. The van der Waals surface area contributed by atoms with Crippen molar-refractivity contribution in [1.82, 2.24) is 15.3 Å². The zero-order chi connectivity index (χ0) is 13.7. The molecule has 0 radical (unpaired) electrons. The predicted octanol–water partition coefficient (Wildman–Crippen LogP) is 0.861. The Labute approximate surface area is 117 Å². The second kappa shape index (κ2) is 6.68. The number of nitrogens with one attached hydrogen (secondary N) is 1. The minimum atomic E-state index is -0.408. The minimum absolute atomic E-state index is 0.0664. The summed E-state index contributed by atoms with van der Waals surface area (Å²) in [7, 11) is 0. The van der Waals surface area contributed by atoms with Gasteiger partial charge in [0.05, 0.1) is 13.2 Å². The zero-order valence-corrected chi connectivity index (χ0v) is 11.6. The summed E-state index contributed by atoms with van der Waals surface area (Å²) in [5, 5.41) is 3.17. The zero-order valence-electron chi connectivity index (χ0n) is 10.8. The van der Waals surface area contributed by atoms with E-state index >= 15 is 0 Å². The number of nitrogens with zero attached hydrogens (tertiary/aromatic N) is 3. The number of halogens is 1. The Bertz CT molecular complexity index is 443. The molecule has 1 N–H and O–H groups in total. The van der Waals surface area contributed by atoms with E-state index in [1.165, 1.54) is 6.20 Å². The van der Waals surface area contributed by atoms with Crippen molar-refractivity contribution in [2.45, 2.75) is 19.4 Å². The second-order valence-electron chi connectivity index (χ2n) is 4.25. The number of hydrogen-bond acceptors (Lipinski definition) is 5. The number of carbonyl (C=O) groups excluding carboxylic acids is 1. The maximum atomic E-state index is 12.1. The quantitative estimate of drug-likeness (QED) is 0.888. The van der Waals surface area contributed by atoms with Gasteiger partial charge in [-0.2, -0.15) is 0 Å². The molecule has 1 saturated heterocycles. The molecule has 1 fully saturated rings. The van der Waals surface area contributed by atoms with Gasteiger partial charge in [0.2, 0.25) is 5.91 Å². The van der Waals surface area contributed by atoms with Crippen LogP contribution in [0, 0.1) is 0 Å². The van der Waals surface area contributed by atoms with Crippen LogP contribution in [0.15, 0.2) is 12.4 Å². The molecule has 0 saturated carbocycles. The molecule has 2 rings (SSSR count). The van der Waals surface area contributed by atoms with Gasteiger partial charge in [0, 0.05) is 25.5 Å². The van der Waals surface area contributed by atoms with Gasteiger partial charge in [0.15, 0.2) is 11.0 Å². The van der Waals surface area contributed by atoms with Gasteiger partial charge in [-0.3, -0.25) is 4.79 Å². The van der Waals surface area contributed by atoms with E-state index in [2.05, 4.69) is 15.3 Å². The maximum absolute atomic E-state index is 12.1. The monoisotopic (exact) mass is 284 g/mol. The summed E-state index contributed by atoms with van der Waals surface area (Å²) in [4.78, 5) is 22.2. The second-order valence-corrected chi connectivity index (χ2v) is 4.60. The van der Waals surface area contributed by atoms with Crippen molar-refractivity contribution in [3.05, 3.63) is 17.5 Å². The Balaban J connectivity index is 2.16. The first kappa shape index (κ1) is 14.0. The fourth-order valence-electron chi connectivity index (χ4n) is 1.95. The van der Waals surface area contributed by atoms with Crippen molar-refractivity contribution in [2.24, 2.45) is 0 Å². The Morgan fingerprint density at radius 1 is 1.58 bits per heavy atom. The van der Waals surface area contributed by atoms with Crippen LogP contribution in [-0.4, -0.2) is 48.2 Å². The number of amides is 1. The summed E-state index contributed by atoms with van der Waals surface area (Å²) >= 11 is 6.04. The molecule has 1 aliphatic heterocycles. The van der Waals surface area contributed by atoms with Crippen LogP contribution in [0.2, 0.25) is 5.15 Å². The molecule has 7 heteroatoms. The Morgan fingerprint density at radius 2 is 2.37 bits per heavy atom. The third-order valence-electron chi connectivity index (χ3n) is 2.89. The summed E-state index contributed by atoms with van der Waals surface area (Å²) in [6.07, 6.45) is 3.99. The van der Waals surface area contributed by atoms with Crippen molar-refractivity contribution >= 4 is 23.3 Å². The number of ether oxygens (including phenoxy) is 1. The average Bonchev–Trinajstić information content (AvgIpc) is 2.45. The normalized spacial score (nSPS) is 19.3. The Kier molecular flexibility index (Phi) is 4.93. The number of anilines is 1. The van der Waals surface area contributed by atoms with E-state index in [4.69, 9.17) is 16.3 Å². The van der Waals surface area contributed by atoms with Gasteiger partial charge in [-0.05, 0) is 6.42 Å². The maximum Gasteiger partial charge on any atom is 0.245 e. The average molecular weight is 285 g/mol. The summed E-state index contributed by atoms with van der Waals surface area (Å²) in [5.74, 6) is 0.465. The highest BCUT2D eigenvalue weighted by Crippen LogP contribution is 2.23. The first-order valence-corrected chi connectivity index (χ1v) is 6.70. The first-order chi connectivity index (χ1) is 9.24. The van der Waals surface area contributed by atoms with Gasteiger partial charge in [-0.1, -0.05) is 18.5 Å². The van der Waals surface area contributed by atoms with E-state index in [1.807, 2.05) is 11.8 Å². The smallest absolute Gasteiger partial charge is 0.245 e. The van der Waals surface area contributed by atoms with Crippen LogP contribution in [0.1, 0.15) is 13.3 Å². The van der Waals surface area contributed by atoms with Gasteiger partial charge < -0.3 is 15.0 Å². The lowest BCUT2D eigenvalue weighted by atomic mass is 10.2. The predicted molar refractivity (Wildman–Crippen MR) is 72.3 cm³/mol. The molecule has 2 heterocycles. The van der Waals surface area contributed by atoms with E-state index in [0.29, 0.717) is 37.3 Å². The molecule has 1 aromatic rings. The van der Waals surface area contributed by atoms with E-state index in [0.717, 1.165) is 6.42 Å². The molecular formula is C12H17ClN4O2. The number of aromatic nitrogens is 2. The molecule has 0 spiro atoms. The lowest BCUT2D eigenvalue weighted by Gasteiger charge is -2.35. The molecule has 0 bridgehead atoms. The summed E-state index contributed by atoms with van der Waals surface area (Å²) in [6.45, 7) is 4.11. The standard InChI is InChI=1S/C12H17ClN4O2/c1-2-3-16-12(18)9-8-19-7-6-17(9)11-10(13)14-4-5-15-11/h4-5,9H,2-3,6-8H2,1H3,(H,16,18). The van der Waals surface area contributed by atoms with Gasteiger partial charge in [0.25, 0.3) is 0 Å². The van der Waals surface area contributed by atoms with Gasteiger partial charge in [-0.25, -0.2) is 9.97 Å². The molecular weight excluding hydrogens is 268 g/mol. The van der Waals surface area contributed by atoms with E-state index < -0.39 is 6.04 Å². The van der Waals surface area contributed by atoms with Crippen molar-refractivity contribution in [3.63, 3.8) is 0 Å². The van der Waals surface area contributed by atoms with Crippen LogP contribution in [-0.2, 0) is 9.53 Å². The molecule has 104 valence electrons. The number of morpholine rings is 1. The van der Waals surface area contributed by atoms with E-state index in [1.54, 1.807) is 6.20 Å². The van der Waals surface area contributed by atoms with Crippen LogP contribution in [0.5, 0.6) is 0 Å². The van der Waals surface area contributed by atoms with Crippen molar-refractivity contribution in [1.29, 1.82) is 0 Å². The topological polar surface area (TPSA) is 67.3 Å². The largest absolute Gasteiger partial charge is 0.377 e. The van der Waals surface area contributed by atoms with Gasteiger partial charge >= 0.3 is 0 Å². The SMILES string of the molecule is CCCNC(=O)C1COCCN1c1nccnc1Cl. The molecule has 1 unspecified atom stereocenters. The van der Waals surface area contributed by atoms with Crippen molar-refractivity contribution < 1.29 is 9.53 Å². The fraction of sp³-hybridized carbons (Fsp3) is 0.583. The highest BCUT2D eigenvalue weighted by atomic mass is 35.5. The molecule has 19 heavy (non-hydrogen) atoms. The molecule has 1 aliphatic rings. The minimum Gasteiger partial charge on any atom is -0.377 e. The Morgan fingerprint density at radius 3 is 3.11 bits per heavy atom. The van der Waals surface area contributed by atoms with Crippen LogP contribution in [0.4, 0.5) is 5.82 Å². The van der Waals surface area contributed by atoms with Crippen LogP contribution in [0.25, 0.3) is 0 Å². The molecule has 1 aromatic heterocycles. The molecule has 1 amide bonds. The van der Waals surface area contributed by atoms with Gasteiger partial charge in [-0.15, -0.1) is 0 Å². The highest BCUT2D eigenvalue weighted by molar-refractivity contribution is 6.31. The van der Waals surface area contributed by atoms with Crippen LogP contribution < -0.4 is 10.2 Å². The molecule has 0 aromatic carbocycles. The lowest BCUT2D eigenvalue weighted by Crippen LogP contribution is -2.54. The summed E-state index contributed by atoms with van der Waals surface area (Å²) in [6, 6.07) is -0.408. The van der Waals surface area contributed by atoms with Crippen LogP contribution in [0.3, 0.4) is 0 Å².